The first kappa shape index (κ1) is 21.2. The molecule has 4 rings (SSSR count). The van der Waals surface area contributed by atoms with E-state index in [0.29, 0.717) is 28.9 Å². The fraction of sp³-hybridized carbons (Fsp3) is 0.200. The monoisotopic (exact) mass is 426 g/mol. The van der Waals surface area contributed by atoms with Gasteiger partial charge in [0.05, 0.1) is 5.69 Å². The zero-order valence-corrected chi connectivity index (χ0v) is 17.8. The van der Waals surface area contributed by atoms with E-state index in [9.17, 15) is 14.7 Å². The van der Waals surface area contributed by atoms with Gasteiger partial charge in [-0.15, -0.1) is 0 Å². The van der Waals surface area contributed by atoms with Gasteiger partial charge in [-0.3, -0.25) is 19.6 Å². The molecule has 1 aromatic carbocycles. The highest BCUT2D eigenvalue weighted by molar-refractivity contribution is 5.99. The molecule has 3 heterocycles. The largest absolute Gasteiger partial charge is 0.369 e. The van der Waals surface area contributed by atoms with Gasteiger partial charge in [0.2, 0.25) is 5.60 Å². The van der Waals surface area contributed by atoms with Crippen molar-refractivity contribution in [2.24, 2.45) is 5.73 Å². The normalized spacial score (nSPS) is 17.7. The van der Waals surface area contributed by atoms with Crippen LogP contribution >= 0.6 is 0 Å². The maximum atomic E-state index is 12.2. The Labute approximate surface area is 185 Å². The first-order valence-electron chi connectivity index (χ1n) is 10.1. The molecule has 1 fully saturated rings. The molecule has 2 aromatic heterocycles. The Bertz CT molecular complexity index is 1290. The van der Waals surface area contributed by atoms with Crippen LogP contribution in [0.2, 0.25) is 0 Å². The van der Waals surface area contributed by atoms with E-state index in [-0.39, 0.29) is 18.0 Å². The molecule has 160 valence electrons. The Morgan fingerprint density at radius 1 is 1.19 bits per heavy atom. The molecule has 1 atom stereocenters. The Hall–Kier alpha value is -4.02. The Balaban J connectivity index is 1.79. The van der Waals surface area contributed by atoms with Crippen LogP contribution in [0.1, 0.15) is 28.2 Å². The number of aryl methyl sites for hydroxylation is 1. The molecule has 0 bridgehead atoms. The van der Waals surface area contributed by atoms with Crippen LogP contribution in [0.15, 0.2) is 54.7 Å². The number of aromatic nitrogens is 2. The first-order valence-corrected chi connectivity index (χ1v) is 10.1. The summed E-state index contributed by atoms with van der Waals surface area (Å²) in [4.78, 5) is 34.4. The van der Waals surface area contributed by atoms with E-state index in [1.807, 2.05) is 37.3 Å². The van der Waals surface area contributed by atoms with Crippen LogP contribution in [0.4, 0.5) is 0 Å². The lowest BCUT2D eigenvalue weighted by molar-refractivity contribution is -0.137. The number of carbonyl (C=O) groups is 2. The summed E-state index contributed by atoms with van der Waals surface area (Å²) in [5, 5.41) is 10.6. The van der Waals surface area contributed by atoms with Crippen LogP contribution in [0.3, 0.4) is 0 Å². The molecular weight excluding hydrogens is 404 g/mol. The predicted molar refractivity (Wildman–Crippen MR) is 120 cm³/mol. The standard InChI is InChI=1S/C25H22N4O3/c1-16-8-9-20(19-7-4-13-27-22(19)23(26)30)21(28-16)18-6-3-5-17(15-18)10-11-25(32)12-14-29(2)24(25)31/h3-9,13,15,32H,12,14H2,1-2H3,(H2,26,30)/t25-/m0/s1. The molecule has 0 unspecified atom stereocenters. The van der Waals surface area contributed by atoms with Gasteiger partial charge in [0.15, 0.2) is 0 Å². The minimum atomic E-state index is -1.66. The maximum Gasteiger partial charge on any atom is 0.267 e. The van der Waals surface area contributed by atoms with Gasteiger partial charge < -0.3 is 15.7 Å². The van der Waals surface area contributed by atoms with Crippen molar-refractivity contribution in [3.63, 3.8) is 0 Å². The van der Waals surface area contributed by atoms with Crippen molar-refractivity contribution in [2.45, 2.75) is 18.9 Å². The summed E-state index contributed by atoms with van der Waals surface area (Å²) in [7, 11) is 1.65. The molecule has 3 N–H and O–H groups in total. The van der Waals surface area contributed by atoms with Crippen molar-refractivity contribution in [3.05, 3.63) is 71.7 Å². The summed E-state index contributed by atoms with van der Waals surface area (Å²) in [6.07, 6.45) is 1.79. The van der Waals surface area contributed by atoms with Crippen molar-refractivity contribution >= 4 is 11.8 Å². The number of nitrogens with two attached hydrogens (primary N) is 1. The molecule has 3 aromatic rings. The molecule has 0 spiro atoms. The van der Waals surface area contributed by atoms with Crippen molar-refractivity contribution < 1.29 is 14.7 Å². The molecule has 2 amide bonds. The van der Waals surface area contributed by atoms with Crippen molar-refractivity contribution in [1.82, 2.24) is 14.9 Å². The fourth-order valence-electron chi connectivity index (χ4n) is 3.70. The predicted octanol–water partition coefficient (Wildman–Crippen LogP) is 2.16. The van der Waals surface area contributed by atoms with Crippen LogP contribution in [-0.2, 0) is 4.79 Å². The molecular formula is C25H22N4O3. The smallest absolute Gasteiger partial charge is 0.267 e. The van der Waals surface area contributed by atoms with E-state index in [1.54, 1.807) is 25.2 Å². The van der Waals surface area contributed by atoms with E-state index in [0.717, 1.165) is 11.3 Å². The minimum Gasteiger partial charge on any atom is -0.369 e. The average Bonchev–Trinajstić information content (AvgIpc) is 3.05. The van der Waals surface area contributed by atoms with Crippen molar-refractivity contribution in [1.29, 1.82) is 0 Å². The molecule has 7 heteroatoms. The number of likely N-dealkylation sites (N-methyl/N-ethyl adjacent to an activating group) is 1. The van der Waals surface area contributed by atoms with Gasteiger partial charge in [0, 0.05) is 54.2 Å². The molecule has 1 aliphatic rings. The molecule has 1 saturated heterocycles. The van der Waals surface area contributed by atoms with Gasteiger partial charge in [-0.25, -0.2) is 0 Å². The summed E-state index contributed by atoms with van der Waals surface area (Å²) in [5.74, 6) is 4.66. The van der Waals surface area contributed by atoms with Crippen molar-refractivity contribution in [2.75, 3.05) is 13.6 Å². The Morgan fingerprint density at radius 3 is 2.72 bits per heavy atom. The topological polar surface area (TPSA) is 109 Å². The second-order valence-corrected chi connectivity index (χ2v) is 7.78. The Morgan fingerprint density at radius 2 is 2.00 bits per heavy atom. The van der Waals surface area contributed by atoms with Crippen LogP contribution < -0.4 is 5.73 Å². The Kier molecular flexibility index (Phi) is 5.47. The van der Waals surface area contributed by atoms with Gasteiger partial charge >= 0.3 is 0 Å². The highest BCUT2D eigenvalue weighted by Gasteiger charge is 2.42. The van der Waals surface area contributed by atoms with Crippen molar-refractivity contribution in [3.8, 4) is 34.2 Å². The fourth-order valence-corrected chi connectivity index (χ4v) is 3.70. The van der Waals surface area contributed by atoms with Crippen LogP contribution in [0.25, 0.3) is 22.4 Å². The third-order valence-electron chi connectivity index (χ3n) is 5.42. The van der Waals surface area contributed by atoms with E-state index >= 15 is 0 Å². The molecule has 0 aliphatic carbocycles. The van der Waals surface area contributed by atoms with E-state index in [4.69, 9.17) is 10.7 Å². The molecule has 0 saturated carbocycles. The minimum absolute atomic E-state index is 0.168. The highest BCUT2D eigenvalue weighted by atomic mass is 16.3. The third kappa shape index (κ3) is 3.96. The molecule has 7 nitrogen and oxygen atoms in total. The van der Waals surface area contributed by atoms with E-state index in [1.165, 1.54) is 11.1 Å². The number of amides is 2. The van der Waals surface area contributed by atoms with Gasteiger partial charge in [0.1, 0.15) is 5.69 Å². The molecule has 1 aliphatic heterocycles. The highest BCUT2D eigenvalue weighted by Crippen LogP contribution is 2.32. The van der Waals surface area contributed by atoms with Gasteiger partial charge in [-0.2, -0.15) is 0 Å². The number of nitrogens with zero attached hydrogens (tertiary/aromatic N) is 3. The van der Waals surface area contributed by atoms with Crippen LogP contribution in [-0.4, -0.2) is 51.0 Å². The number of benzene rings is 1. The van der Waals surface area contributed by atoms with Crippen LogP contribution in [0, 0.1) is 18.8 Å². The quantitative estimate of drug-likeness (QED) is 0.624. The SMILES string of the molecule is Cc1ccc(-c2cccnc2C(N)=O)c(-c2cccc(C#C[C@]3(O)CCN(C)C3=O)c2)n1. The number of hydrogen-bond acceptors (Lipinski definition) is 5. The third-order valence-corrected chi connectivity index (χ3v) is 5.42. The summed E-state index contributed by atoms with van der Waals surface area (Å²) in [6.45, 7) is 2.35. The summed E-state index contributed by atoms with van der Waals surface area (Å²) in [5.41, 5.74) is 8.21. The van der Waals surface area contributed by atoms with Gasteiger partial charge in [-0.1, -0.05) is 36.1 Å². The maximum absolute atomic E-state index is 12.2. The number of likely N-dealkylation sites (tertiary alicyclic amines) is 1. The average molecular weight is 426 g/mol. The second-order valence-electron chi connectivity index (χ2n) is 7.78. The molecule has 32 heavy (non-hydrogen) atoms. The zero-order chi connectivity index (χ0) is 22.9. The zero-order valence-electron chi connectivity index (χ0n) is 17.8. The van der Waals surface area contributed by atoms with Crippen LogP contribution in [0.5, 0.6) is 0 Å². The first-order chi connectivity index (χ1) is 15.3. The van der Waals surface area contributed by atoms with Gasteiger partial charge in [-0.05, 0) is 31.2 Å². The lowest BCUT2D eigenvalue weighted by Crippen LogP contribution is -2.37. The number of primary amides is 1. The number of hydrogen-bond donors (Lipinski definition) is 2. The lowest BCUT2D eigenvalue weighted by Gasteiger charge is -2.13. The summed E-state index contributed by atoms with van der Waals surface area (Å²) in [6, 6.07) is 14.6. The van der Waals surface area contributed by atoms with Gasteiger partial charge in [0.25, 0.3) is 11.8 Å². The number of carbonyl (C=O) groups excluding carboxylic acids is 2. The number of aliphatic hydroxyl groups is 1. The number of pyridine rings is 2. The molecule has 0 radical (unpaired) electrons. The van der Waals surface area contributed by atoms with E-state index < -0.39 is 11.5 Å². The lowest BCUT2D eigenvalue weighted by atomic mass is 9.96. The number of rotatable bonds is 3. The summed E-state index contributed by atoms with van der Waals surface area (Å²) < 4.78 is 0. The second kappa shape index (κ2) is 8.25. The van der Waals surface area contributed by atoms with E-state index in [2.05, 4.69) is 16.8 Å². The summed E-state index contributed by atoms with van der Waals surface area (Å²) >= 11 is 0.